The molecule has 0 amide bonds. The molecule has 1 fully saturated rings. The molecular weight excluding hydrogens is 545 g/mol. The summed E-state index contributed by atoms with van der Waals surface area (Å²) in [7, 11) is -1.71. The zero-order valence-electron chi connectivity index (χ0n) is 18.3. The van der Waals surface area contributed by atoms with Crippen LogP contribution in [0.15, 0.2) is 39.5 Å². The van der Waals surface area contributed by atoms with Crippen molar-refractivity contribution in [2.45, 2.75) is 57.0 Å². The molecule has 0 unspecified atom stereocenters. The number of thiazole rings is 1. The van der Waals surface area contributed by atoms with Crippen molar-refractivity contribution in [1.82, 2.24) is 19.9 Å². The number of hydrogen-bond acceptors (Lipinski definition) is 5. The third kappa shape index (κ3) is 7.13. The van der Waals surface area contributed by atoms with Gasteiger partial charge in [0.1, 0.15) is 5.01 Å². The summed E-state index contributed by atoms with van der Waals surface area (Å²) >= 11 is 1.64. The van der Waals surface area contributed by atoms with Crippen molar-refractivity contribution in [3.63, 3.8) is 0 Å². The molecule has 1 aromatic carbocycles. The van der Waals surface area contributed by atoms with E-state index in [2.05, 4.69) is 39.8 Å². The van der Waals surface area contributed by atoms with E-state index < -0.39 is 10.0 Å². The predicted octanol–water partition coefficient (Wildman–Crippen LogP) is 3.92. The summed E-state index contributed by atoms with van der Waals surface area (Å²) < 4.78 is 27.4. The molecule has 31 heavy (non-hydrogen) atoms. The topological polar surface area (TPSA) is 86.7 Å². The van der Waals surface area contributed by atoms with E-state index >= 15 is 0 Å². The van der Waals surface area contributed by atoms with Gasteiger partial charge in [0.15, 0.2) is 5.96 Å². The van der Waals surface area contributed by atoms with Crippen molar-refractivity contribution in [2.24, 2.45) is 4.99 Å². The van der Waals surface area contributed by atoms with Gasteiger partial charge < -0.3 is 10.6 Å². The van der Waals surface area contributed by atoms with Crippen molar-refractivity contribution in [1.29, 1.82) is 0 Å². The van der Waals surface area contributed by atoms with Gasteiger partial charge in [0.2, 0.25) is 10.0 Å². The number of piperidine rings is 1. The summed E-state index contributed by atoms with van der Waals surface area (Å²) in [5.41, 5.74) is 2.00. The van der Waals surface area contributed by atoms with Gasteiger partial charge in [-0.2, -0.15) is 4.31 Å². The molecule has 2 heterocycles. The van der Waals surface area contributed by atoms with Gasteiger partial charge in [-0.3, -0.25) is 4.99 Å². The maximum Gasteiger partial charge on any atom is 0.243 e. The standard InChI is InChI=1S/C21H31N5O2S2.HI/c1-16(2)19-15-29-20(25-19)14-24-21(22-3)23-13-17-8-7-9-18(12-17)30(27,28)26-10-5-4-6-11-26;/h7-9,12,15-16H,4-6,10-11,13-14H2,1-3H3,(H2,22,23,24);1H. The van der Waals surface area contributed by atoms with E-state index in [0.717, 1.165) is 35.5 Å². The molecule has 2 aromatic rings. The highest BCUT2D eigenvalue weighted by atomic mass is 127. The van der Waals surface area contributed by atoms with Gasteiger partial charge >= 0.3 is 0 Å². The van der Waals surface area contributed by atoms with Crippen LogP contribution in [0.4, 0.5) is 0 Å². The first-order valence-corrected chi connectivity index (χ1v) is 12.7. The zero-order chi connectivity index (χ0) is 21.6. The van der Waals surface area contributed by atoms with Crippen LogP contribution in [-0.4, -0.2) is 43.8 Å². The van der Waals surface area contributed by atoms with Gasteiger partial charge in [0, 0.05) is 32.1 Å². The number of sulfonamides is 1. The van der Waals surface area contributed by atoms with Crippen LogP contribution in [-0.2, 0) is 23.1 Å². The fourth-order valence-corrected chi connectivity index (χ4v) is 5.79. The van der Waals surface area contributed by atoms with Crippen molar-refractivity contribution < 1.29 is 8.42 Å². The molecule has 10 heteroatoms. The van der Waals surface area contributed by atoms with Crippen LogP contribution in [0, 0.1) is 0 Å². The van der Waals surface area contributed by atoms with Gasteiger partial charge in [-0.25, -0.2) is 13.4 Å². The average Bonchev–Trinajstić information content (AvgIpc) is 3.24. The predicted molar refractivity (Wildman–Crippen MR) is 138 cm³/mol. The largest absolute Gasteiger partial charge is 0.352 e. The van der Waals surface area contributed by atoms with Gasteiger partial charge in [-0.05, 0) is 36.5 Å². The van der Waals surface area contributed by atoms with Crippen LogP contribution in [0.1, 0.15) is 55.3 Å². The number of halogens is 1. The maximum absolute atomic E-state index is 12.9. The van der Waals surface area contributed by atoms with Crippen LogP contribution < -0.4 is 10.6 Å². The lowest BCUT2D eigenvalue weighted by Gasteiger charge is -2.26. The van der Waals surface area contributed by atoms with Gasteiger partial charge in [-0.15, -0.1) is 35.3 Å². The first kappa shape index (κ1) is 26.0. The smallest absolute Gasteiger partial charge is 0.243 e. The summed E-state index contributed by atoms with van der Waals surface area (Å²) in [5.74, 6) is 1.07. The monoisotopic (exact) mass is 577 g/mol. The minimum atomic E-state index is -3.43. The molecule has 0 radical (unpaired) electrons. The van der Waals surface area contributed by atoms with E-state index in [4.69, 9.17) is 0 Å². The highest BCUT2D eigenvalue weighted by molar-refractivity contribution is 14.0. The second kappa shape index (κ2) is 12.1. The molecule has 0 saturated carbocycles. The third-order valence-corrected chi connectivity index (χ3v) is 7.86. The lowest BCUT2D eigenvalue weighted by Crippen LogP contribution is -2.36. The Kier molecular flexibility index (Phi) is 10.2. The fraction of sp³-hybridized carbons (Fsp3) is 0.524. The van der Waals surface area contributed by atoms with E-state index in [1.807, 2.05) is 6.07 Å². The Morgan fingerprint density at radius 3 is 2.55 bits per heavy atom. The average molecular weight is 578 g/mol. The fourth-order valence-electron chi connectivity index (χ4n) is 3.31. The number of nitrogens with one attached hydrogen (secondary N) is 2. The minimum Gasteiger partial charge on any atom is -0.352 e. The molecule has 7 nitrogen and oxygen atoms in total. The number of aromatic nitrogens is 1. The Morgan fingerprint density at radius 1 is 1.19 bits per heavy atom. The van der Waals surface area contributed by atoms with E-state index in [-0.39, 0.29) is 24.0 Å². The summed E-state index contributed by atoms with van der Waals surface area (Å²) in [6, 6.07) is 7.15. The molecule has 0 spiro atoms. The Hall–Kier alpha value is -1.24. The van der Waals surface area contributed by atoms with E-state index in [9.17, 15) is 8.42 Å². The minimum absolute atomic E-state index is 0. The molecule has 172 valence electrons. The highest BCUT2D eigenvalue weighted by Crippen LogP contribution is 2.21. The van der Waals surface area contributed by atoms with Crippen molar-refractivity contribution in [3.05, 3.63) is 45.9 Å². The van der Waals surface area contributed by atoms with E-state index in [1.54, 1.807) is 40.9 Å². The summed E-state index contributed by atoms with van der Waals surface area (Å²) in [6.45, 7) is 6.56. The van der Waals surface area contributed by atoms with Gasteiger partial charge in [-0.1, -0.05) is 32.4 Å². The molecule has 1 aliphatic heterocycles. The number of benzene rings is 1. The quantitative estimate of drug-likeness (QED) is 0.296. The number of aliphatic imine (C=N–C) groups is 1. The molecule has 3 rings (SSSR count). The Morgan fingerprint density at radius 2 is 1.90 bits per heavy atom. The number of nitrogens with zero attached hydrogens (tertiary/aromatic N) is 3. The van der Waals surface area contributed by atoms with Crippen molar-refractivity contribution >= 4 is 51.3 Å². The summed E-state index contributed by atoms with van der Waals surface area (Å²) in [6.07, 6.45) is 2.96. The first-order chi connectivity index (χ1) is 14.4. The second-order valence-corrected chi connectivity index (χ2v) is 10.6. The number of rotatable bonds is 7. The van der Waals surface area contributed by atoms with Crippen LogP contribution in [0.3, 0.4) is 0 Å². The Balaban J connectivity index is 0.00000341. The molecule has 2 N–H and O–H groups in total. The van der Waals surface area contributed by atoms with Crippen LogP contribution in [0.5, 0.6) is 0 Å². The Labute approximate surface area is 206 Å². The number of hydrogen-bond donors (Lipinski definition) is 2. The van der Waals surface area contributed by atoms with Gasteiger partial charge in [0.25, 0.3) is 0 Å². The molecule has 1 saturated heterocycles. The first-order valence-electron chi connectivity index (χ1n) is 10.4. The highest BCUT2D eigenvalue weighted by Gasteiger charge is 2.25. The maximum atomic E-state index is 12.9. The molecule has 0 atom stereocenters. The van der Waals surface area contributed by atoms with Crippen LogP contribution in [0.2, 0.25) is 0 Å². The normalized spacial score (nSPS) is 15.5. The van der Waals surface area contributed by atoms with Crippen LogP contribution in [0.25, 0.3) is 0 Å². The second-order valence-electron chi connectivity index (χ2n) is 7.71. The molecule has 1 aromatic heterocycles. The summed E-state index contributed by atoms with van der Waals surface area (Å²) in [5, 5.41) is 9.62. The number of guanidine groups is 1. The third-order valence-electron chi connectivity index (χ3n) is 5.10. The van der Waals surface area contributed by atoms with Crippen molar-refractivity contribution in [2.75, 3.05) is 20.1 Å². The lowest BCUT2D eigenvalue weighted by molar-refractivity contribution is 0.346. The van der Waals surface area contributed by atoms with E-state index in [0.29, 0.717) is 43.0 Å². The zero-order valence-corrected chi connectivity index (χ0v) is 22.3. The molecular formula is C21H32IN5O2S2. The SMILES string of the molecule is CN=C(NCc1cccc(S(=O)(=O)N2CCCCC2)c1)NCc1nc(C(C)C)cs1.I. The lowest BCUT2D eigenvalue weighted by atomic mass is 10.2. The molecule has 0 bridgehead atoms. The van der Waals surface area contributed by atoms with E-state index in [1.165, 1.54) is 0 Å². The van der Waals surface area contributed by atoms with Gasteiger partial charge in [0.05, 0.1) is 17.1 Å². The Bertz CT molecular complexity index is 970. The molecule has 1 aliphatic rings. The van der Waals surface area contributed by atoms with Crippen LogP contribution >= 0.6 is 35.3 Å². The van der Waals surface area contributed by atoms with Crippen molar-refractivity contribution in [3.8, 4) is 0 Å². The summed E-state index contributed by atoms with van der Waals surface area (Å²) in [4.78, 5) is 9.23. The molecule has 0 aliphatic carbocycles.